The van der Waals surface area contributed by atoms with Crippen LogP contribution in [0.5, 0.6) is 0 Å². The molecule has 0 amide bonds. The molecule has 0 spiro atoms. The van der Waals surface area contributed by atoms with Gasteiger partial charge < -0.3 is 9.67 Å². The van der Waals surface area contributed by atoms with Gasteiger partial charge in [0.1, 0.15) is 5.92 Å². The Balaban J connectivity index is 1.87. The van der Waals surface area contributed by atoms with E-state index in [0.717, 1.165) is 31.0 Å². The molecule has 0 fully saturated rings. The first kappa shape index (κ1) is 13.3. The number of imidazole rings is 1. The van der Waals surface area contributed by atoms with Gasteiger partial charge in [0.2, 0.25) is 0 Å². The van der Waals surface area contributed by atoms with E-state index in [1.54, 1.807) is 17.7 Å². The van der Waals surface area contributed by atoms with Crippen LogP contribution in [0.4, 0.5) is 0 Å². The number of carboxylic acid groups (broad SMARTS) is 1. The number of aryl methyl sites for hydroxylation is 1. The zero-order chi connectivity index (χ0) is 14.1. The molecule has 1 atom stereocenters. The molecule has 0 aliphatic carbocycles. The summed E-state index contributed by atoms with van der Waals surface area (Å²) in [6.45, 7) is 4.83. The quantitative estimate of drug-likeness (QED) is 0.937. The van der Waals surface area contributed by atoms with E-state index in [1.807, 2.05) is 16.9 Å². The number of hydrogen-bond acceptors (Lipinski definition) is 4. The molecule has 1 N–H and O–H groups in total. The second-order valence-corrected chi connectivity index (χ2v) is 5.83. The summed E-state index contributed by atoms with van der Waals surface area (Å²) in [5.41, 5.74) is 3.01. The number of hydrogen-bond donors (Lipinski definition) is 1. The van der Waals surface area contributed by atoms with E-state index in [4.69, 9.17) is 0 Å². The van der Waals surface area contributed by atoms with Crippen molar-refractivity contribution < 1.29 is 9.90 Å². The number of aliphatic carboxylic acids is 1. The van der Waals surface area contributed by atoms with E-state index >= 15 is 0 Å². The summed E-state index contributed by atoms with van der Waals surface area (Å²) in [6, 6.07) is 2.08. The highest BCUT2D eigenvalue weighted by Gasteiger charge is 2.34. The third-order valence-electron chi connectivity index (χ3n) is 3.73. The number of carbonyl (C=O) groups is 1. The molecular weight excluding hydrogens is 274 g/mol. The first-order chi connectivity index (χ1) is 9.69. The van der Waals surface area contributed by atoms with Gasteiger partial charge in [0.15, 0.2) is 0 Å². The second kappa shape index (κ2) is 5.38. The second-order valence-electron chi connectivity index (χ2n) is 5.05. The fourth-order valence-electron chi connectivity index (χ4n) is 2.79. The van der Waals surface area contributed by atoms with Gasteiger partial charge in [0.05, 0.1) is 17.7 Å². The minimum absolute atomic E-state index is 0.486. The van der Waals surface area contributed by atoms with Gasteiger partial charge in [0.25, 0.3) is 0 Å². The molecule has 106 valence electrons. The van der Waals surface area contributed by atoms with Crippen LogP contribution in [0.15, 0.2) is 23.2 Å². The van der Waals surface area contributed by atoms with E-state index in [2.05, 4.69) is 21.3 Å². The molecule has 3 heterocycles. The van der Waals surface area contributed by atoms with Crippen LogP contribution in [0.2, 0.25) is 0 Å². The van der Waals surface area contributed by atoms with E-state index in [-0.39, 0.29) is 0 Å². The molecule has 1 aliphatic heterocycles. The fraction of sp³-hybridized carbons (Fsp3) is 0.429. The standard InChI is InChI=1S/C14H17N3O2S/c1-2-17-9-15-12-7-16(5-10-3-4-20-8-10)6-11(13(12)17)14(18)19/h3-4,8-9,11H,2,5-7H2,1H3,(H,18,19). The Morgan fingerprint density at radius 3 is 3.10 bits per heavy atom. The van der Waals surface area contributed by atoms with Gasteiger partial charge in [-0.15, -0.1) is 0 Å². The van der Waals surface area contributed by atoms with Crippen LogP contribution in [0.1, 0.15) is 29.8 Å². The Morgan fingerprint density at radius 2 is 2.45 bits per heavy atom. The number of fused-ring (bicyclic) bond motifs is 1. The molecule has 2 aromatic heterocycles. The van der Waals surface area contributed by atoms with Crippen molar-refractivity contribution >= 4 is 17.3 Å². The van der Waals surface area contributed by atoms with Crippen LogP contribution in [0.3, 0.4) is 0 Å². The zero-order valence-electron chi connectivity index (χ0n) is 11.3. The van der Waals surface area contributed by atoms with Crippen LogP contribution >= 0.6 is 11.3 Å². The lowest BCUT2D eigenvalue weighted by molar-refractivity contribution is -0.139. The molecule has 5 nitrogen and oxygen atoms in total. The third-order valence-corrected chi connectivity index (χ3v) is 4.46. The molecule has 1 aliphatic rings. The summed E-state index contributed by atoms with van der Waals surface area (Å²) >= 11 is 1.67. The number of aromatic nitrogens is 2. The third kappa shape index (κ3) is 2.36. The predicted octanol–water partition coefficient (Wildman–Crippen LogP) is 2.15. The van der Waals surface area contributed by atoms with E-state index in [1.165, 1.54) is 5.56 Å². The monoisotopic (exact) mass is 291 g/mol. The smallest absolute Gasteiger partial charge is 0.313 e. The van der Waals surface area contributed by atoms with Gasteiger partial charge in [-0.25, -0.2) is 4.98 Å². The Hall–Kier alpha value is -1.66. The summed E-state index contributed by atoms with van der Waals surface area (Å²) < 4.78 is 1.95. The summed E-state index contributed by atoms with van der Waals surface area (Å²) in [6.07, 6.45) is 1.76. The normalized spacial score (nSPS) is 18.9. The van der Waals surface area contributed by atoms with Crippen molar-refractivity contribution in [3.05, 3.63) is 40.1 Å². The highest BCUT2D eigenvalue weighted by Crippen LogP contribution is 2.29. The molecule has 6 heteroatoms. The van der Waals surface area contributed by atoms with E-state index < -0.39 is 11.9 Å². The molecule has 0 saturated heterocycles. The molecular formula is C14H17N3O2S. The summed E-state index contributed by atoms with van der Waals surface area (Å²) in [5.74, 6) is -1.25. The van der Waals surface area contributed by atoms with Crippen molar-refractivity contribution in [2.75, 3.05) is 6.54 Å². The molecule has 20 heavy (non-hydrogen) atoms. The lowest BCUT2D eigenvalue weighted by Crippen LogP contribution is -2.37. The Morgan fingerprint density at radius 1 is 1.60 bits per heavy atom. The summed E-state index contributed by atoms with van der Waals surface area (Å²) in [4.78, 5) is 18.1. The van der Waals surface area contributed by atoms with Crippen molar-refractivity contribution in [2.24, 2.45) is 0 Å². The van der Waals surface area contributed by atoms with Crippen LogP contribution in [-0.2, 0) is 24.4 Å². The summed E-state index contributed by atoms with van der Waals surface area (Å²) in [5, 5.41) is 13.7. The maximum Gasteiger partial charge on any atom is 0.313 e. The van der Waals surface area contributed by atoms with Gasteiger partial charge >= 0.3 is 5.97 Å². The van der Waals surface area contributed by atoms with Gasteiger partial charge in [0, 0.05) is 26.2 Å². The summed E-state index contributed by atoms with van der Waals surface area (Å²) in [7, 11) is 0. The van der Waals surface area contributed by atoms with Crippen molar-refractivity contribution in [1.82, 2.24) is 14.5 Å². The Labute approximate surface area is 121 Å². The van der Waals surface area contributed by atoms with Crippen LogP contribution in [0, 0.1) is 0 Å². The lowest BCUT2D eigenvalue weighted by atomic mass is 9.98. The highest BCUT2D eigenvalue weighted by atomic mass is 32.1. The SMILES string of the molecule is CCn1cnc2c1C(C(=O)O)CN(Cc1ccsc1)C2. The van der Waals surface area contributed by atoms with E-state index in [9.17, 15) is 9.90 Å². The fourth-order valence-corrected chi connectivity index (χ4v) is 3.45. The van der Waals surface area contributed by atoms with Gasteiger partial charge in [-0.3, -0.25) is 9.69 Å². The minimum Gasteiger partial charge on any atom is -0.481 e. The van der Waals surface area contributed by atoms with Crippen LogP contribution in [0.25, 0.3) is 0 Å². The number of carboxylic acids is 1. The lowest BCUT2D eigenvalue weighted by Gasteiger charge is -2.30. The van der Waals surface area contributed by atoms with Crippen LogP contribution in [-0.4, -0.2) is 32.1 Å². The van der Waals surface area contributed by atoms with Crippen molar-refractivity contribution in [2.45, 2.75) is 32.5 Å². The first-order valence-electron chi connectivity index (χ1n) is 6.69. The maximum atomic E-state index is 11.6. The molecule has 1 unspecified atom stereocenters. The molecule has 2 aromatic rings. The average Bonchev–Trinajstić information content (AvgIpc) is 3.06. The molecule has 0 radical (unpaired) electrons. The van der Waals surface area contributed by atoms with E-state index in [0.29, 0.717) is 6.54 Å². The first-order valence-corrected chi connectivity index (χ1v) is 7.63. The maximum absolute atomic E-state index is 11.6. The molecule has 3 rings (SSSR count). The van der Waals surface area contributed by atoms with Crippen molar-refractivity contribution in [3.63, 3.8) is 0 Å². The van der Waals surface area contributed by atoms with Crippen LogP contribution < -0.4 is 0 Å². The molecule has 0 aromatic carbocycles. The van der Waals surface area contributed by atoms with Gasteiger partial charge in [-0.1, -0.05) is 0 Å². The minimum atomic E-state index is -0.767. The molecule has 0 saturated carbocycles. The molecule has 0 bridgehead atoms. The van der Waals surface area contributed by atoms with Gasteiger partial charge in [-0.2, -0.15) is 11.3 Å². The topological polar surface area (TPSA) is 58.4 Å². The van der Waals surface area contributed by atoms with Crippen molar-refractivity contribution in [3.8, 4) is 0 Å². The Bertz CT molecular complexity index is 606. The van der Waals surface area contributed by atoms with Gasteiger partial charge in [-0.05, 0) is 29.3 Å². The largest absolute Gasteiger partial charge is 0.481 e. The average molecular weight is 291 g/mol. The van der Waals surface area contributed by atoms with Crippen molar-refractivity contribution in [1.29, 1.82) is 0 Å². The number of thiophene rings is 1. The predicted molar refractivity (Wildman–Crippen MR) is 76.7 cm³/mol. The number of nitrogens with zero attached hydrogens (tertiary/aromatic N) is 3. The highest BCUT2D eigenvalue weighted by molar-refractivity contribution is 7.07. The zero-order valence-corrected chi connectivity index (χ0v) is 12.1. The number of rotatable bonds is 4. The Kier molecular flexibility index (Phi) is 3.58.